The first-order chi connectivity index (χ1) is 19.0. The lowest BCUT2D eigenvalue weighted by molar-refractivity contribution is 0.109. The number of halogens is 1. The zero-order chi connectivity index (χ0) is 27.1. The van der Waals surface area contributed by atoms with E-state index in [4.69, 9.17) is 11.6 Å². The molecule has 39 heavy (non-hydrogen) atoms. The fourth-order valence-corrected chi connectivity index (χ4v) is 6.79. The van der Waals surface area contributed by atoms with Crippen molar-refractivity contribution in [2.45, 2.75) is 17.4 Å². The molecule has 1 aliphatic rings. The Morgan fingerprint density at radius 2 is 1.59 bits per heavy atom. The van der Waals surface area contributed by atoms with Crippen LogP contribution in [0.25, 0.3) is 0 Å². The molecule has 0 unspecified atom stereocenters. The molecule has 0 aliphatic carbocycles. The number of anilines is 2. The Kier molecular flexibility index (Phi) is 9.16. The Morgan fingerprint density at radius 3 is 2.26 bits per heavy atom. The average molecular weight is 582 g/mol. The van der Waals surface area contributed by atoms with E-state index in [0.717, 1.165) is 56.4 Å². The third-order valence-corrected chi connectivity index (χ3v) is 9.30. The monoisotopic (exact) mass is 581 g/mol. The maximum Gasteiger partial charge on any atom is 0.263 e. The molecule has 204 valence electrons. The number of thiazole rings is 1. The van der Waals surface area contributed by atoms with E-state index in [1.165, 1.54) is 22.5 Å². The summed E-state index contributed by atoms with van der Waals surface area (Å²) in [6.45, 7) is 5.88. The van der Waals surface area contributed by atoms with Crippen LogP contribution in [0.15, 0.2) is 95.3 Å². The van der Waals surface area contributed by atoms with Gasteiger partial charge in [0.05, 0.1) is 10.9 Å². The predicted octanol–water partition coefficient (Wildman–Crippen LogP) is 5.81. The number of rotatable bonds is 11. The van der Waals surface area contributed by atoms with Crippen molar-refractivity contribution in [2.24, 2.45) is 0 Å². The zero-order valence-corrected chi connectivity index (χ0v) is 23.9. The topological polar surface area (TPSA) is 77.6 Å². The molecule has 0 saturated carbocycles. The third kappa shape index (κ3) is 7.38. The summed E-state index contributed by atoms with van der Waals surface area (Å²) in [4.78, 5) is 9.27. The van der Waals surface area contributed by atoms with Crippen molar-refractivity contribution in [1.82, 2.24) is 14.8 Å². The van der Waals surface area contributed by atoms with E-state index < -0.39 is 10.0 Å². The smallest absolute Gasteiger partial charge is 0.263 e. The van der Waals surface area contributed by atoms with Crippen LogP contribution in [-0.4, -0.2) is 62.5 Å². The second-order valence-corrected chi connectivity index (χ2v) is 12.5. The summed E-state index contributed by atoms with van der Waals surface area (Å²) in [5.41, 5.74) is 3.47. The summed E-state index contributed by atoms with van der Waals surface area (Å²) in [7, 11) is -3.63. The number of benzene rings is 3. The maximum absolute atomic E-state index is 12.5. The molecule has 1 atom stereocenters. The number of nitrogens with one attached hydrogen (secondary N) is 2. The van der Waals surface area contributed by atoms with E-state index in [9.17, 15) is 8.42 Å². The molecule has 2 N–H and O–H groups in total. The van der Waals surface area contributed by atoms with Crippen LogP contribution in [0.2, 0.25) is 5.02 Å². The molecular weight excluding hydrogens is 550 g/mol. The fourth-order valence-electron chi connectivity index (χ4n) is 4.87. The summed E-state index contributed by atoms with van der Waals surface area (Å²) >= 11 is 7.41. The first-order valence-electron chi connectivity index (χ1n) is 13.0. The van der Waals surface area contributed by atoms with Crippen LogP contribution >= 0.6 is 22.9 Å². The summed E-state index contributed by atoms with van der Waals surface area (Å²) in [5, 5.41) is 6.26. The van der Waals surface area contributed by atoms with E-state index in [1.54, 1.807) is 35.8 Å². The van der Waals surface area contributed by atoms with Gasteiger partial charge in [0, 0.05) is 55.0 Å². The Bertz CT molecular complexity index is 1410. The Labute approximate surface area is 239 Å². The minimum Gasteiger partial charge on any atom is -0.385 e. The maximum atomic E-state index is 12.5. The van der Waals surface area contributed by atoms with Crippen LogP contribution in [-0.2, 0) is 10.0 Å². The van der Waals surface area contributed by atoms with Crippen molar-refractivity contribution >= 4 is 43.8 Å². The van der Waals surface area contributed by atoms with Crippen molar-refractivity contribution in [3.05, 3.63) is 107 Å². The number of nitrogens with zero attached hydrogens (tertiary/aromatic N) is 3. The van der Waals surface area contributed by atoms with Crippen LogP contribution < -0.4 is 10.0 Å². The lowest BCUT2D eigenvalue weighted by Crippen LogP contribution is -2.48. The van der Waals surface area contributed by atoms with Gasteiger partial charge >= 0.3 is 0 Å². The Hall–Kier alpha value is -2.95. The average Bonchev–Trinajstić information content (AvgIpc) is 3.46. The zero-order valence-electron chi connectivity index (χ0n) is 21.5. The van der Waals surface area contributed by atoms with Crippen LogP contribution in [0.3, 0.4) is 0 Å². The molecule has 1 aromatic heterocycles. The molecule has 0 bridgehead atoms. The second kappa shape index (κ2) is 12.9. The molecule has 1 aliphatic heterocycles. The van der Waals surface area contributed by atoms with Gasteiger partial charge in [-0.3, -0.25) is 9.62 Å². The lowest BCUT2D eigenvalue weighted by atomic mass is 9.96. The van der Waals surface area contributed by atoms with E-state index in [1.807, 2.05) is 12.1 Å². The molecule has 4 aromatic rings. The first-order valence-corrected chi connectivity index (χ1v) is 15.7. The molecule has 0 amide bonds. The van der Waals surface area contributed by atoms with Gasteiger partial charge in [-0.05, 0) is 60.5 Å². The van der Waals surface area contributed by atoms with Crippen LogP contribution in [0.5, 0.6) is 0 Å². The molecule has 7 nitrogen and oxygen atoms in total. The summed E-state index contributed by atoms with van der Waals surface area (Å²) in [6.07, 6.45) is 2.57. The minimum absolute atomic E-state index is 0.216. The summed E-state index contributed by atoms with van der Waals surface area (Å²) < 4.78 is 27.5. The number of sulfonamides is 1. The van der Waals surface area contributed by atoms with Crippen LogP contribution in [0.1, 0.15) is 23.6 Å². The number of hydrogen-bond donors (Lipinski definition) is 2. The normalized spacial score (nSPS) is 15.6. The highest BCUT2D eigenvalue weighted by Gasteiger charge is 2.26. The summed E-state index contributed by atoms with van der Waals surface area (Å²) in [5.74, 6) is 0. The largest absolute Gasteiger partial charge is 0.385 e. The van der Waals surface area contributed by atoms with Gasteiger partial charge in [-0.1, -0.05) is 54.1 Å². The molecule has 1 saturated heterocycles. The van der Waals surface area contributed by atoms with Crippen molar-refractivity contribution in [3.8, 4) is 0 Å². The molecule has 2 heterocycles. The standard InChI is InChI=1S/C29H32ClN5O2S2/c30-25-9-7-24(8-10-25)28(23-5-2-1-3-6-23)35-20-18-34(19-21-35)17-4-15-31-26-11-13-27(14-12-26)39(36,37)33-29-32-16-22-38-29/h1-3,5-14,16,22,28,31H,4,15,17-21H2,(H,32,33)/t28-/m1/s1. The number of aromatic nitrogens is 1. The van der Waals surface area contributed by atoms with Gasteiger partial charge in [0.2, 0.25) is 0 Å². The minimum atomic E-state index is -3.63. The highest BCUT2D eigenvalue weighted by atomic mass is 35.5. The van der Waals surface area contributed by atoms with E-state index in [-0.39, 0.29) is 10.9 Å². The second-order valence-electron chi connectivity index (χ2n) is 9.49. The van der Waals surface area contributed by atoms with Gasteiger partial charge in [0.25, 0.3) is 10.0 Å². The Morgan fingerprint density at radius 1 is 0.897 bits per heavy atom. The van der Waals surface area contributed by atoms with Gasteiger partial charge in [-0.2, -0.15) is 0 Å². The SMILES string of the molecule is O=S(=O)(Nc1nccs1)c1ccc(NCCCN2CCN([C@H](c3ccccc3)c3ccc(Cl)cc3)CC2)cc1. The van der Waals surface area contributed by atoms with Gasteiger partial charge in [-0.25, -0.2) is 13.4 Å². The predicted molar refractivity (Wildman–Crippen MR) is 160 cm³/mol. The highest BCUT2D eigenvalue weighted by molar-refractivity contribution is 7.93. The lowest BCUT2D eigenvalue weighted by Gasteiger charge is -2.40. The molecule has 10 heteroatoms. The number of hydrogen-bond acceptors (Lipinski definition) is 7. The third-order valence-electron chi connectivity index (χ3n) is 6.87. The quantitative estimate of drug-likeness (QED) is 0.218. The highest BCUT2D eigenvalue weighted by Crippen LogP contribution is 2.30. The first kappa shape index (κ1) is 27.6. The molecular formula is C29H32ClN5O2S2. The van der Waals surface area contributed by atoms with E-state index in [2.05, 4.69) is 67.3 Å². The van der Waals surface area contributed by atoms with Crippen molar-refractivity contribution in [3.63, 3.8) is 0 Å². The molecule has 3 aromatic carbocycles. The van der Waals surface area contributed by atoms with E-state index >= 15 is 0 Å². The van der Waals surface area contributed by atoms with Crippen LogP contribution in [0.4, 0.5) is 10.8 Å². The molecule has 1 fully saturated rings. The van der Waals surface area contributed by atoms with Gasteiger partial charge in [0.15, 0.2) is 5.13 Å². The van der Waals surface area contributed by atoms with Gasteiger partial charge in [-0.15, -0.1) is 11.3 Å². The number of piperazine rings is 1. The van der Waals surface area contributed by atoms with Crippen molar-refractivity contribution in [1.29, 1.82) is 0 Å². The van der Waals surface area contributed by atoms with E-state index in [0.29, 0.717) is 5.13 Å². The van der Waals surface area contributed by atoms with Gasteiger partial charge in [0.1, 0.15) is 0 Å². The molecule has 5 rings (SSSR count). The van der Waals surface area contributed by atoms with Crippen LogP contribution in [0, 0.1) is 0 Å². The molecule has 0 radical (unpaired) electrons. The fraction of sp³-hybridized carbons (Fsp3) is 0.276. The summed E-state index contributed by atoms with van der Waals surface area (Å²) in [6, 6.07) is 25.9. The molecule has 0 spiro atoms. The Balaban J connectivity index is 1.08. The van der Waals surface area contributed by atoms with Crippen molar-refractivity contribution < 1.29 is 8.42 Å². The van der Waals surface area contributed by atoms with Crippen molar-refractivity contribution in [2.75, 3.05) is 49.3 Å². The van der Waals surface area contributed by atoms with Gasteiger partial charge < -0.3 is 10.2 Å².